The van der Waals surface area contributed by atoms with Crippen LogP contribution in [0.5, 0.6) is 0 Å². The maximum atomic E-state index is 13.8. The normalized spacial score (nSPS) is 12.7. The van der Waals surface area contributed by atoms with Gasteiger partial charge in [-0.15, -0.1) is 0 Å². The molecule has 0 aromatic carbocycles. The Balaban J connectivity index is 4.96. The van der Waals surface area contributed by atoms with Crippen molar-refractivity contribution in [2.45, 2.75) is 201 Å². The average Bonchev–Trinajstić information content (AvgIpc) is 3.08. The zero-order valence-corrected chi connectivity index (χ0v) is 32.3. The Morgan fingerprint density at radius 1 is 0.542 bits per heavy atom. The van der Waals surface area contributed by atoms with Gasteiger partial charge in [-0.05, 0) is 64.5 Å². The molecule has 0 saturated heterocycles. The second-order valence-electron chi connectivity index (χ2n) is 14.2. The monoisotopic (exact) mass is 682 g/mol. The van der Waals surface area contributed by atoms with E-state index in [1.807, 2.05) is 6.92 Å². The van der Waals surface area contributed by atoms with Crippen LogP contribution in [-0.2, 0) is 23.9 Å². The SMILES string of the molecule is CCCCCCCCCCCC(=O)C(CC)(CCCCN(CCCO)CCCCCCOC(C)=O)C(=O)OCCCCCCCCCC. The van der Waals surface area contributed by atoms with Crippen LogP contribution in [0.4, 0.5) is 0 Å². The summed E-state index contributed by atoms with van der Waals surface area (Å²) in [4.78, 5) is 40.8. The van der Waals surface area contributed by atoms with E-state index in [2.05, 4.69) is 18.7 Å². The van der Waals surface area contributed by atoms with Crippen molar-refractivity contribution in [3.8, 4) is 0 Å². The van der Waals surface area contributed by atoms with Crippen LogP contribution in [-0.4, -0.2) is 67.2 Å². The van der Waals surface area contributed by atoms with Crippen LogP contribution in [0.3, 0.4) is 0 Å². The summed E-state index contributed by atoms with van der Waals surface area (Å²) in [6.07, 6.45) is 28.4. The molecule has 48 heavy (non-hydrogen) atoms. The van der Waals surface area contributed by atoms with Crippen LogP contribution in [0, 0.1) is 5.41 Å². The summed E-state index contributed by atoms with van der Waals surface area (Å²) >= 11 is 0. The minimum absolute atomic E-state index is 0.0831. The molecule has 0 fully saturated rings. The van der Waals surface area contributed by atoms with Crippen molar-refractivity contribution in [3.05, 3.63) is 0 Å². The molecule has 0 bridgehead atoms. The van der Waals surface area contributed by atoms with Gasteiger partial charge in [0.25, 0.3) is 0 Å². The van der Waals surface area contributed by atoms with Gasteiger partial charge in [0.2, 0.25) is 0 Å². The van der Waals surface area contributed by atoms with Crippen molar-refractivity contribution in [2.75, 3.05) is 39.5 Å². The van der Waals surface area contributed by atoms with Crippen LogP contribution < -0.4 is 0 Å². The Bertz CT molecular complexity index is 723. The number of ketones is 1. The minimum atomic E-state index is -1.03. The van der Waals surface area contributed by atoms with Crippen molar-refractivity contribution >= 4 is 17.7 Å². The maximum Gasteiger partial charge on any atom is 0.319 e. The molecule has 0 radical (unpaired) electrons. The molecule has 7 heteroatoms. The Kier molecular flexibility index (Phi) is 33.0. The number of esters is 2. The van der Waals surface area contributed by atoms with E-state index in [-0.39, 0.29) is 24.3 Å². The summed E-state index contributed by atoms with van der Waals surface area (Å²) in [5, 5.41) is 9.43. The van der Waals surface area contributed by atoms with Gasteiger partial charge in [0.05, 0.1) is 13.2 Å². The smallest absolute Gasteiger partial charge is 0.319 e. The first-order valence-corrected chi connectivity index (χ1v) is 20.5. The van der Waals surface area contributed by atoms with Gasteiger partial charge in [0.1, 0.15) is 11.2 Å². The second-order valence-corrected chi connectivity index (χ2v) is 14.2. The highest BCUT2D eigenvalue weighted by molar-refractivity contribution is 6.03. The number of hydrogen-bond donors (Lipinski definition) is 1. The first-order valence-electron chi connectivity index (χ1n) is 20.5. The largest absolute Gasteiger partial charge is 0.466 e. The van der Waals surface area contributed by atoms with E-state index in [1.165, 1.54) is 84.0 Å². The van der Waals surface area contributed by atoms with Gasteiger partial charge in [-0.25, -0.2) is 0 Å². The fraction of sp³-hybridized carbons (Fsp3) is 0.927. The fourth-order valence-electron chi connectivity index (χ4n) is 6.65. The lowest BCUT2D eigenvalue weighted by atomic mass is 9.74. The Hall–Kier alpha value is -1.47. The molecule has 0 spiro atoms. The number of ether oxygens (including phenoxy) is 2. The lowest BCUT2D eigenvalue weighted by molar-refractivity contribution is -0.162. The Labute approximate surface area is 297 Å². The molecule has 1 N–H and O–H groups in total. The fourth-order valence-corrected chi connectivity index (χ4v) is 6.65. The molecule has 0 aliphatic rings. The van der Waals surface area contributed by atoms with Crippen molar-refractivity contribution < 1.29 is 29.0 Å². The van der Waals surface area contributed by atoms with Gasteiger partial charge in [-0.2, -0.15) is 0 Å². The highest BCUT2D eigenvalue weighted by Gasteiger charge is 2.44. The molecule has 0 saturated carbocycles. The zero-order valence-electron chi connectivity index (χ0n) is 32.3. The Morgan fingerprint density at radius 3 is 1.48 bits per heavy atom. The third-order valence-corrected chi connectivity index (χ3v) is 9.90. The minimum Gasteiger partial charge on any atom is -0.466 e. The van der Waals surface area contributed by atoms with E-state index in [0.29, 0.717) is 32.5 Å². The third kappa shape index (κ3) is 25.5. The summed E-state index contributed by atoms with van der Waals surface area (Å²) in [7, 11) is 0. The molecular formula is C41H79NO6. The van der Waals surface area contributed by atoms with E-state index < -0.39 is 5.41 Å². The number of nitrogens with zero attached hydrogens (tertiary/aromatic N) is 1. The van der Waals surface area contributed by atoms with Crippen molar-refractivity contribution in [1.29, 1.82) is 0 Å². The van der Waals surface area contributed by atoms with Crippen LogP contribution in [0.1, 0.15) is 201 Å². The molecule has 284 valence electrons. The molecule has 0 aliphatic heterocycles. The molecule has 7 nitrogen and oxygen atoms in total. The molecular weight excluding hydrogens is 602 g/mol. The van der Waals surface area contributed by atoms with Crippen LogP contribution in [0.25, 0.3) is 0 Å². The first kappa shape index (κ1) is 46.5. The highest BCUT2D eigenvalue weighted by Crippen LogP contribution is 2.34. The highest BCUT2D eigenvalue weighted by atomic mass is 16.5. The molecule has 0 rings (SSSR count). The van der Waals surface area contributed by atoms with Gasteiger partial charge in [-0.1, -0.05) is 136 Å². The molecule has 0 aromatic heterocycles. The van der Waals surface area contributed by atoms with E-state index >= 15 is 0 Å². The predicted molar refractivity (Wildman–Crippen MR) is 200 cm³/mol. The summed E-state index contributed by atoms with van der Waals surface area (Å²) < 4.78 is 10.9. The topological polar surface area (TPSA) is 93.1 Å². The van der Waals surface area contributed by atoms with Gasteiger partial charge in [-0.3, -0.25) is 14.4 Å². The van der Waals surface area contributed by atoms with E-state index in [9.17, 15) is 19.5 Å². The maximum absolute atomic E-state index is 13.8. The number of Topliss-reactive ketones (excluding diaryl/α,β-unsaturated/α-hetero) is 1. The van der Waals surface area contributed by atoms with E-state index in [4.69, 9.17) is 9.47 Å². The third-order valence-electron chi connectivity index (χ3n) is 9.90. The molecule has 0 amide bonds. The molecule has 1 unspecified atom stereocenters. The summed E-state index contributed by atoms with van der Waals surface area (Å²) in [5.74, 6) is -0.432. The molecule has 1 atom stereocenters. The number of carbonyl (C=O) groups is 3. The van der Waals surface area contributed by atoms with Crippen molar-refractivity contribution in [1.82, 2.24) is 4.90 Å². The van der Waals surface area contributed by atoms with Gasteiger partial charge >= 0.3 is 11.9 Å². The summed E-state index contributed by atoms with van der Waals surface area (Å²) in [6, 6.07) is 0. The Morgan fingerprint density at radius 2 is 0.979 bits per heavy atom. The number of hydrogen-bond acceptors (Lipinski definition) is 7. The number of carbonyl (C=O) groups excluding carboxylic acids is 3. The number of rotatable bonds is 37. The predicted octanol–water partition coefficient (Wildman–Crippen LogP) is 10.5. The van der Waals surface area contributed by atoms with Crippen LogP contribution >= 0.6 is 0 Å². The second kappa shape index (κ2) is 34.0. The molecule has 0 aromatic rings. The first-order chi connectivity index (χ1) is 23.4. The van der Waals surface area contributed by atoms with E-state index in [0.717, 1.165) is 96.7 Å². The average molecular weight is 682 g/mol. The molecule has 0 aliphatic carbocycles. The van der Waals surface area contributed by atoms with Crippen LogP contribution in [0.15, 0.2) is 0 Å². The van der Waals surface area contributed by atoms with Crippen LogP contribution in [0.2, 0.25) is 0 Å². The lowest BCUT2D eigenvalue weighted by Crippen LogP contribution is -2.40. The standard InChI is InChI=1S/C41H79NO6/c1-5-8-10-12-14-16-17-19-23-30-39(45)41(7-3,40(46)48-37-28-21-18-15-13-11-9-6-2)31-24-26-33-42(34-29-35-43)32-25-20-22-27-36-47-38(4)44/h43H,5-37H2,1-4H3. The van der Waals surface area contributed by atoms with Gasteiger partial charge in [0, 0.05) is 26.5 Å². The number of aliphatic hydroxyl groups is 1. The zero-order chi connectivity index (χ0) is 35.6. The van der Waals surface area contributed by atoms with Gasteiger partial charge in [0.15, 0.2) is 0 Å². The summed E-state index contributed by atoms with van der Waals surface area (Å²) in [6.45, 7) is 11.7. The summed E-state index contributed by atoms with van der Waals surface area (Å²) in [5.41, 5.74) is -1.03. The quantitative estimate of drug-likeness (QED) is 0.0396. The number of aliphatic hydroxyl groups excluding tert-OH is 1. The van der Waals surface area contributed by atoms with Gasteiger partial charge < -0.3 is 19.5 Å². The van der Waals surface area contributed by atoms with Crippen molar-refractivity contribution in [2.24, 2.45) is 5.41 Å². The van der Waals surface area contributed by atoms with Crippen molar-refractivity contribution in [3.63, 3.8) is 0 Å². The van der Waals surface area contributed by atoms with E-state index in [1.54, 1.807) is 0 Å². The lowest BCUT2D eigenvalue weighted by Gasteiger charge is -2.30. The number of unbranched alkanes of at least 4 members (excludes halogenated alkanes) is 19. The molecule has 0 heterocycles.